The van der Waals surface area contributed by atoms with E-state index in [1.54, 1.807) is 26.8 Å². The number of ether oxygens (including phenoxy) is 1. The van der Waals surface area contributed by atoms with Crippen LogP contribution in [0.1, 0.15) is 78.6 Å². The summed E-state index contributed by atoms with van der Waals surface area (Å²) in [6.07, 6.45) is 5.30. The highest BCUT2D eigenvalue weighted by molar-refractivity contribution is 5.94. The number of aliphatic hydroxyl groups excluding tert-OH is 1. The third kappa shape index (κ3) is 5.68. The van der Waals surface area contributed by atoms with E-state index in [0.29, 0.717) is 31.3 Å². The van der Waals surface area contributed by atoms with Gasteiger partial charge in [-0.2, -0.15) is 0 Å². The molecule has 1 amide bonds. The summed E-state index contributed by atoms with van der Waals surface area (Å²) in [5.74, 6) is -3.62. The minimum Gasteiger partial charge on any atom is -0.457 e. The van der Waals surface area contributed by atoms with E-state index in [1.165, 1.54) is 6.08 Å². The Kier molecular flexibility index (Phi) is 9.70. The van der Waals surface area contributed by atoms with E-state index >= 15 is 4.39 Å². The molecule has 4 aliphatic rings. The summed E-state index contributed by atoms with van der Waals surface area (Å²) in [6, 6.07) is 0. The zero-order valence-electron chi connectivity index (χ0n) is 25.5. The van der Waals surface area contributed by atoms with Crippen LogP contribution in [0.15, 0.2) is 23.8 Å². The van der Waals surface area contributed by atoms with Gasteiger partial charge in [-0.15, -0.1) is 10.1 Å². The molecule has 0 aliphatic heterocycles. The van der Waals surface area contributed by atoms with Gasteiger partial charge in [-0.25, -0.2) is 4.39 Å². The molecule has 2 saturated carbocycles. The quantitative estimate of drug-likeness (QED) is 0.0908. The second-order valence-corrected chi connectivity index (χ2v) is 13.2. The Morgan fingerprint density at radius 1 is 1.18 bits per heavy atom. The summed E-state index contributed by atoms with van der Waals surface area (Å²) in [6.45, 7) is 4.37. The molecule has 44 heavy (non-hydrogen) atoms. The molecule has 4 rings (SSSR count). The van der Waals surface area contributed by atoms with Crippen LogP contribution >= 0.6 is 0 Å². The molecule has 244 valence electrons. The number of nitrogens with one attached hydrogen (secondary N) is 1. The number of carbonyl (C=O) groups is 4. The molecule has 0 radical (unpaired) electrons. The second-order valence-electron chi connectivity index (χ2n) is 13.2. The number of hydrogen-bond acceptors (Lipinski definition) is 10. The van der Waals surface area contributed by atoms with Gasteiger partial charge in [0.25, 0.3) is 5.09 Å². The van der Waals surface area contributed by atoms with Crippen LogP contribution in [-0.2, 0) is 28.8 Å². The van der Waals surface area contributed by atoms with E-state index in [0.717, 1.165) is 0 Å². The van der Waals surface area contributed by atoms with E-state index in [2.05, 4.69) is 10.2 Å². The van der Waals surface area contributed by atoms with Crippen molar-refractivity contribution in [2.24, 2.45) is 28.6 Å². The van der Waals surface area contributed by atoms with E-state index < -0.39 is 69.4 Å². The summed E-state index contributed by atoms with van der Waals surface area (Å²) in [7, 11) is 0. The first kappa shape index (κ1) is 33.7. The number of aliphatic hydroxyl groups is 2. The lowest BCUT2D eigenvalue weighted by atomic mass is 9.45. The first-order chi connectivity index (χ1) is 20.6. The molecular weight excluding hydrogens is 579 g/mol. The van der Waals surface area contributed by atoms with Crippen molar-refractivity contribution in [3.05, 3.63) is 33.9 Å². The number of rotatable bonds is 13. The van der Waals surface area contributed by atoms with Crippen molar-refractivity contribution in [2.45, 2.75) is 95.9 Å². The maximum Gasteiger partial charge on any atom is 0.308 e. The van der Waals surface area contributed by atoms with Crippen molar-refractivity contribution in [3.8, 4) is 0 Å². The molecule has 0 bridgehead atoms. The van der Waals surface area contributed by atoms with E-state index in [9.17, 15) is 39.5 Å². The molecular formula is C31H43FN2O10. The Balaban J connectivity index is 1.32. The molecule has 0 unspecified atom stereocenters. The van der Waals surface area contributed by atoms with Gasteiger partial charge in [0.15, 0.2) is 18.1 Å². The number of unbranched alkanes of at least 4 members (excludes halogenated alkanes) is 2. The summed E-state index contributed by atoms with van der Waals surface area (Å²) >= 11 is 0. The summed E-state index contributed by atoms with van der Waals surface area (Å²) in [5, 5.41) is 35.2. The number of fused-ring (bicyclic) bond motifs is 5. The Morgan fingerprint density at radius 3 is 2.61 bits per heavy atom. The first-order valence-corrected chi connectivity index (χ1v) is 15.3. The predicted molar refractivity (Wildman–Crippen MR) is 153 cm³/mol. The number of nitrogens with zero attached hydrogens (tertiary/aromatic N) is 1. The highest BCUT2D eigenvalue weighted by Crippen LogP contribution is 2.70. The highest BCUT2D eigenvalue weighted by Gasteiger charge is 2.75. The second kappa shape index (κ2) is 12.7. The molecule has 4 aliphatic carbocycles. The number of carbonyl (C=O) groups excluding carboxylic acids is 4. The lowest BCUT2D eigenvalue weighted by Crippen LogP contribution is -2.69. The van der Waals surface area contributed by atoms with Crippen molar-refractivity contribution in [2.75, 3.05) is 19.8 Å². The number of amides is 1. The van der Waals surface area contributed by atoms with Crippen LogP contribution in [-0.4, -0.2) is 75.9 Å². The van der Waals surface area contributed by atoms with Gasteiger partial charge >= 0.3 is 5.97 Å². The van der Waals surface area contributed by atoms with Crippen molar-refractivity contribution >= 4 is 23.4 Å². The molecule has 0 spiro atoms. The Hall–Kier alpha value is -3.19. The Labute approximate surface area is 255 Å². The van der Waals surface area contributed by atoms with Gasteiger partial charge in [0, 0.05) is 36.1 Å². The fourth-order valence-electron chi connectivity index (χ4n) is 8.47. The van der Waals surface area contributed by atoms with Crippen LogP contribution in [0.4, 0.5) is 4.39 Å². The molecule has 0 heterocycles. The van der Waals surface area contributed by atoms with Gasteiger partial charge in [-0.05, 0) is 56.9 Å². The standard InChI is InChI=1S/C31H43FN2O10/c1-19-15-23-22-9-8-20-16-21(35)10-12-28(20,2)30(22,32)24(36)17-29(23,3)31(19,40)25(37)18-43-27(39)11-13-33-26(38)7-5-4-6-14-44-34(41)42/h8,10,12,19,22-24,36,40H,4-7,9,11,13-18H2,1-3H3,(H,33,38)/t19-,22-,23-,24-,28-,29-,30-,31-/m0/s1. The zero-order chi connectivity index (χ0) is 32.5. The lowest BCUT2D eigenvalue weighted by Gasteiger charge is -2.62. The van der Waals surface area contributed by atoms with Crippen molar-refractivity contribution in [3.63, 3.8) is 0 Å². The number of alkyl halides is 1. The maximum atomic E-state index is 17.3. The third-order valence-corrected chi connectivity index (χ3v) is 10.9. The minimum absolute atomic E-state index is 0.0163. The van der Waals surface area contributed by atoms with Gasteiger partial charge in [0.1, 0.15) is 5.60 Å². The van der Waals surface area contributed by atoms with Crippen LogP contribution in [0.2, 0.25) is 0 Å². The maximum absolute atomic E-state index is 17.3. The largest absolute Gasteiger partial charge is 0.457 e. The van der Waals surface area contributed by atoms with Gasteiger partial charge in [0.05, 0.1) is 19.1 Å². The van der Waals surface area contributed by atoms with E-state index in [4.69, 9.17) is 4.74 Å². The van der Waals surface area contributed by atoms with E-state index in [1.807, 2.05) is 6.08 Å². The van der Waals surface area contributed by atoms with Crippen LogP contribution < -0.4 is 5.32 Å². The predicted octanol–water partition coefficient (Wildman–Crippen LogP) is 2.72. The van der Waals surface area contributed by atoms with Gasteiger partial charge < -0.3 is 25.1 Å². The van der Waals surface area contributed by atoms with Crippen LogP contribution in [0.3, 0.4) is 0 Å². The normalized spacial score (nSPS) is 37.2. The molecule has 2 fully saturated rings. The highest BCUT2D eigenvalue weighted by atomic mass is 19.1. The van der Waals surface area contributed by atoms with Crippen molar-refractivity contribution in [1.29, 1.82) is 0 Å². The Morgan fingerprint density at radius 2 is 1.91 bits per heavy atom. The Bertz CT molecular complexity index is 1250. The molecule has 12 nitrogen and oxygen atoms in total. The molecule has 0 saturated heterocycles. The summed E-state index contributed by atoms with van der Waals surface area (Å²) in [5.41, 5.74) is -5.78. The smallest absolute Gasteiger partial charge is 0.308 e. The minimum atomic E-state index is -2.09. The molecule has 0 aromatic rings. The number of Topliss-reactive ketones (excluding diaryl/α,β-unsaturated/α-hetero) is 1. The average Bonchev–Trinajstić information content (AvgIpc) is 3.16. The molecule has 8 atom stereocenters. The topological polar surface area (TPSA) is 182 Å². The first-order valence-electron chi connectivity index (χ1n) is 15.3. The molecule has 13 heteroatoms. The molecule has 0 aromatic heterocycles. The van der Waals surface area contributed by atoms with Gasteiger partial charge in [-0.3, -0.25) is 19.2 Å². The average molecular weight is 623 g/mol. The summed E-state index contributed by atoms with van der Waals surface area (Å²) < 4.78 is 22.4. The number of hydrogen-bond donors (Lipinski definition) is 3. The third-order valence-electron chi connectivity index (χ3n) is 10.9. The van der Waals surface area contributed by atoms with Crippen molar-refractivity contribution < 1.29 is 48.4 Å². The fourth-order valence-corrected chi connectivity index (χ4v) is 8.47. The fraction of sp³-hybridized carbons (Fsp3) is 0.742. The zero-order valence-corrected chi connectivity index (χ0v) is 25.5. The van der Waals surface area contributed by atoms with Crippen LogP contribution in [0.25, 0.3) is 0 Å². The number of allylic oxidation sites excluding steroid dienone is 4. The molecule has 0 aromatic carbocycles. The lowest BCUT2D eigenvalue weighted by molar-refractivity contribution is -0.757. The van der Waals surface area contributed by atoms with Crippen LogP contribution in [0.5, 0.6) is 0 Å². The number of esters is 1. The number of halogens is 1. The SMILES string of the molecule is C[C@H]1C[C@H]2[C@@H]3CC=C4CC(=O)C=C[C@]4(C)[C@@]3(F)[C@@H](O)C[C@]2(C)[C@@]1(O)C(=O)COC(=O)CCNC(=O)CCCCCO[N+](=O)[O-]. The molecule has 3 N–H and O–H groups in total. The number of ketones is 2. The van der Waals surface area contributed by atoms with Gasteiger partial charge in [-0.1, -0.05) is 38.0 Å². The monoisotopic (exact) mass is 622 g/mol. The van der Waals surface area contributed by atoms with E-state index in [-0.39, 0.29) is 56.9 Å². The van der Waals surface area contributed by atoms with Gasteiger partial charge in [0.2, 0.25) is 11.7 Å². The van der Waals surface area contributed by atoms with Crippen molar-refractivity contribution in [1.82, 2.24) is 5.32 Å². The van der Waals surface area contributed by atoms with Crippen LogP contribution in [0, 0.1) is 38.7 Å². The summed E-state index contributed by atoms with van der Waals surface area (Å²) in [4.78, 5) is 64.2.